The Hall–Kier alpha value is -2.76. The Kier molecular flexibility index (Phi) is 6.44. The highest BCUT2D eigenvalue weighted by Gasteiger charge is 2.19. The van der Waals surface area contributed by atoms with Crippen LogP contribution in [-0.4, -0.2) is 37.1 Å². The maximum Gasteiger partial charge on any atom is 0.342 e. The molecule has 1 aromatic carbocycles. The van der Waals surface area contributed by atoms with E-state index in [4.69, 9.17) is 14.2 Å². The molecule has 0 N–H and O–H groups in total. The van der Waals surface area contributed by atoms with E-state index < -0.39 is 5.97 Å². The van der Waals surface area contributed by atoms with Crippen LogP contribution in [0.25, 0.3) is 0 Å². The summed E-state index contributed by atoms with van der Waals surface area (Å²) in [5, 5.41) is 0. The Morgan fingerprint density at radius 3 is 2.38 bits per heavy atom. The zero-order valence-electron chi connectivity index (χ0n) is 15.9. The Balaban J connectivity index is 2.10. The summed E-state index contributed by atoms with van der Waals surface area (Å²) in [6, 6.07) is 6.63. The van der Waals surface area contributed by atoms with E-state index in [1.165, 1.54) is 14.2 Å². The first kappa shape index (κ1) is 19.6. The molecule has 0 saturated heterocycles. The molecule has 0 saturated carbocycles. The molecule has 0 aliphatic heterocycles. The van der Waals surface area contributed by atoms with E-state index in [1.807, 2.05) is 19.9 Å². The van der Waals surface area contributed by atoms with Gasteiger partial charge in [-0.3, -0.25) is 4.79 Å². The predicted molar refractivity (Wildman–Crippen MR) is 98.4 cm³/mol. The number of esters is 1. The molecule has 0 unspecified atom stereocenters. The second-order valence-electron chi connectivity index (χ2n) is 6.00. The Morgan fingerprint density at radius 2 is 1.77 bits per heavy atom. The van der Waals surface area contributed by atoms with Crippen molar-refractivity contribution in [3.8, 4) is 11.5 Å². The number of methoxy groups -OCH3 is 2. The third-order valence-corrected chi connectivity index (χ3v) is 4.28. The van der Waals surface area contributed by atoms with Gasteiger partial charge in [-0.1, -0.05) is 6.92 Å². The average molecular weight is 359 g/mol. The first-order chi connectivity index (χ1) is 12.4. The maximum atomic E-state index is 12.5. The minimum absolute atomic E-state index is 0.221. The summed E-state index contributed by atoms with van der Waals surface area (Å²) in [6.07, 6.45) is 0.982. The van der Waals surface area contributed by atoms with Gasteiger partial charge in [0.25, 0.3) is 0 Å². The summed E-state index contributed by atoms with van der Waals surface area (Å²) in [6.45, 7) is 6.50. The molecular formula is C20H25NO5. The zero-order chi connectivity index (χ0) is 19.3. The van der Waals surface area contributed by atoms with Gasteiger partial charge in [-0.15, -0.1) is 0 Å². The van der Waals surface area contributed by atoms with Gasteiger partial charge in [-0.2, -0.15) is 0 Å². The number of hydrogen-bond donors (Lipinski definition) is 0. The van der Waals surface area contributed by atoms with Crippen LogP contribution >= 0.6 is 0 Å². The lowest BCUT2D eigenvalue weighted by atomic mass is 10.1. The lowest BCUT2D eigenvalue weighted by Crippen LogP contribution is -2.15. The van der Waals surface area contributed by atoms with Crippen molar-refractivity contribution < 1.29 is 23.8 Å². The first-order valence-electron chi connectivity index (χ1n) is 8.52. The lowest BCUT2D eigenvalue weighted by Gasteiger charge is -2.10. The molecule has 26 heavy (non-hydrogen) atoms. The maximum absolute atomic E-state index is 12.5. The minimum Gasteiger partial charge on any atom is -0.497 e. The molecule has 2 aromatic rings. The van der Waals surface area contributed by atoms with Crippen LogP contribution in [0.4, 0.5) is 0 Å². The fraction of sp³-hybridized carbons (Fsp3) is 0.400. The van der Waals surface area contributed by atoms with Crippen molar-refractivity contribution in [1.29, 1.82) is 0 Å². The Morgan fingerprint density at radius 1 is 1.04 bits per heavy atom. The van der Waals surface area contributed by atoms with E-state index in [1.54, 1.807) is 18.2 Å². The van der Waals surface area contributed by atoms with Crippen molar-refractivity contribution in [3.63, 3.8) is 0 Å². The topological polar surface area (TPSA) is 66.8 Å². The summed E-state index contributed by atoms with van der Waals surface area (Å²) in [7, 11) is 2.99. The number of carbonyl (C=O) groups is 2. The quantitative estimate of drug-likeness (QED) is 0.532. The van der Waals surface area contributed by atoms with Crippen molar-refractivity contribution in [2.24, 2.45) is 0 Å². The van der Waals surface area contributed by atoms with Crippen molar-refractivity contribution in [1.82, 2.24) is 4.57 Å². The Labute approximate surface area is 153 Å². The summed E-state index contributed by atoms with van der Waals surface area (Å²) < 4.78 is 17.6. The predicted octanol–water partition coefficient (Wildman–Crippen LogP) is 3.57. The molecule has 0 radical (unpaired) electrons. The fourth-order valence-corrected chi connectivity index (χ4v) is 2.90. The molecule has 1 heterocycles. The van der Waals surface area contributed by atoms with Crippen LogP contribution in [0.15, 0.2) is 24.3 Å². The number of aromatic nitrogens is 1. The van der Waals surface area contributed by atoms with E-state index in [0.29, 0.717) is 17.1 Å². The van der Waals surface area contributed by atoms with Gasteiger partial charge in [0.05, 0.1) is 14.2 Å². The molecule has 0 atom stereocenters. The smallest absolute Gasteiger partial charge is 0.342 e. The van der Waals surface area contributed by atoms with Crippen LogP contribution in [-0.2, 0) is 11.3 Å². The number of hydrogen-bond acceptors (Lipinski definition) is 5. The van der Waals surface area contributed by atoms with Crippen LogP contribution in [0, 0.1) is 13.8 Å². The van der Waals surface area contributed by atoms with Crippen LogP contribution < -0.4 is 9.47 Å². The number of ether oxygens (including phenoxy) is 3. The molecule has 1 aromatic heterocycles. The van der Waals surface area contributed by atoms with E-state index in [0.717, 1.165) is 24.4 Å². The van der Waals surface area contributed by atoms with E-state index in [9.17, 15) is 9.59 Å². The van der Waals surface area contributed by atoms with Gasteiger partial charge in [-0.05, 0) is 38.5 Å². The normalized spacial score (nSPS) is 10.5. The SMILES string of the molecule is CCCn1c(C)cc(C(=O)COC(=O)c2ccc(OC)cc2OC)c1C. The molecular weight excluding hydrogens is 334 g/mol. The monoisotopic (exact) mass is 359 g/mol. The van der Waals surface area contributed by atoms with Crippen molar-refractivity contribution >= 4 is 11.8 Å². The zero-order valence-corrected chi connectivity index (χ0v) is 15.9. The molecule has 6 heteroatoms. The van der Waals surface area contributed by atoms with Crippen LogP contribution in [0.1, 0.15) is 45.4 Å². The van der Waals surface area contributed by atoms with Crippen molar-refractivity contribution in [2.45, 2.75) is 33.7 Å². The summed E-state index contributed by atoms with van der Waals surface area (Å²) in [5.41, 5.74) is 2.76. The third-order valence-electron chi connectivity index (χ3n) is 4.28. The number of benzene rings is 1. The Bertz CT molecular complexity index is 807. The highest BCUT2D eigenvalue weighted by molar-refractivity contribution is 6.01. The van der Waals surface area contributed by atoms with Crippen molar-refractivity contribution in [3.05, 3.63) is 46.8 Å². The van der Waals surface area contributed by atoms with Gasteiger partial charge in [-0.25, -0.2) is 4.79 Å². The molecule has 6 nitrogen and oxygen atoms in total. The van der Waals surface area contributed by atoms with Crippen molar-refractivity contribution in [2.75, 3.05) is 20.8 Å². The summed E-state index contributed by atoms with van der Waals surface area (Å²) in [5.74, 6) is 0.0715. The third kappa shape index (κ3) is 4.07. The summed E-state index contributed by atoms with van der Waals surface area (Å²) in [4.78, 5) is 24.8. The van der Waals surface area contributed by atoms with E-state index in [-0.39, 0.29) is 18.0 Å². The second-order valence-corrected chi connectivity index (χ2v) is 6.00. The average Bonchev–Trinajstić information content (AvgIpc) is 2.93. The number of aryl methyl sites for hydroxylation is 1. The van der Waals surface area contributed by atoms with Gasteiger partial charge >= 0.3 is 5.97 Å². The van der Waals surface area contributed by atoms with Gasteiger partial charge < -0.3 is 18.8 Å². The van der Waals surface area contributed by atoms with Gasteiger partial charge in [0.15, 0.2) is 6.61 Å². The largest absolute Gasteiger partial charge is 0.497 e. The molecule has 0 bridgehead atoms. The number of nitrogens with zero attached hydrogens (tertiary/aromatic N) is 1. The van der Waals surface area contributed by atoms with Crippen LogP contribution in [0.2, 0.25) is 0 Å². The van der Waals surface area contributed by atoms with E-state index >= 15 is 0 Å². The molecule has 0 aliphatic rings. The van der Waals surface area contributed by atoms with Gasteiger partial charge in [0, 0.05) is 29.6 Å². The highest BCUT2D eigenvalue weighted by atomic mass is 16.5. The molecule has 0 aliphatic carbocycles. The lowest BCUT2D eigenvalue weighted by molar-refractivity contribution is 0.0471. The second kappa shape index (κ2) is 8.56. The van der Waals surface area contributed by atoms with Crippen LogP contribution in [0.5, 0.6) is 11.5 Å². The van der Waals surface area contributed by atoms with Gasteiger partial charge in [0.1, 0.15) is 17.1 Å². The molecule has 0 amide bonds. The molecule has 2 rings (SSSR count). The minimum atomic E-state index is -0.611. The number of carbonyl (C=O) groups excluding carboxylic acids is 2. The number of rotatable bonds is 8. The standard InChI is InChI=1S/C20H25NO5/c1-6-9-21-13(2)10-17(14(21)3)18(22)12-26-20(23)16-8-7-15(24-4)11-19(16)25-5/h7-8,10-11H,6,9,12H2,1-5H3. The first-order valence-corrected chi connectivity index (χ1v) is 8.52. The number of Topliss-reactive ketones (excluding diaryl/α,β-unsaturated/α-hetero) is 1. The molecule has 140 valence electrons. The molecule has 0 fully saturated rings. The fourth-order valence-electron chi connectivity index (χ4n) is 2.90. The van der Waals surface area contributed by atoms with Gasteiger partial charge in [0.2, 0.25) is 5.78 Å². The van der Waals surface area contributed by atoms with E-state index in [2.05, 4.69) is 11.5 Å². The number of ketones is 1. The van der Waals surface area contributed by atoms with Crippen LogP contribution in [0.3, 0.4) is 0 Å². The molecule has 0 spiro atoms. The highest BCUT2D eigenvalue weighted by Crippen LogP contribution is 2.25. The summed E-state index contributed by atoms with van der Waals surface area (Å²) >= 11 is 0.